The lowest BCUT2D eigenvalue weighted by molar-refractivity contribution is 0.626. The van der Waals surface area contributed by atoms with Gasteiger partial charge in [-0.25, -0.2) is 4.39 Å². The Labute approximate surface area is 119 Å². The van der Waals surface area contributed by atoms with E-state index < -0.39 is 0 Å². The Morgan fingerprint density at radius 1 is 1.10 bits per heavy atom. The number of aryl methyl sites for hydroxylation is 1. The van der Waals surface area contributed by atoms with Gasteiger partial charge in [-0.15, -0.1) is 0 Å². The predicted octanol–water partition coefficient (Wildman–Crippen LogP) is 3.99. The molecule has 3 heteroatoms. The summed E-state index contributed by atoms with van der Waals surface area (Å²) in [7, 11) is 4.06. The Bertz CT molecular complexity index is 605. The first-order chi connectivity index (χ1) is 9.63. The van der Waals surface area contributed by atoms with E-state index in [0.717, 1.165) is 24.1 Å². The van der Waals surface area contributed by atoms with Crippen LogP contribution in [0.15, 0.2) is 42.5 Å². The number of anilines is 2. The molecule has 0 radical (unpaired) electrons. The van der Waals surface area contributed by atoms with Gasteiger partial charge in [-0.1, -0.05) is 6.07 Å². The van der Waals surface area contributed by atoms with E-state index in [2.05, 4.69) is 34.5 Å². The Kier molecular flexibility index (Phi) is 3.35. The highest BCUT2D eigenvalue weighted by molar-refractivity contribution is 5.56. The molecule has 2 nitrogen and oxygen atoms in total. The number of rotatable bonds is 3. The lowest BCUT2D eigenvalue weighted by Gasteiger charge is -2.17. The molecule has 3 rings (SSSR count). The summed E-state index contributed by atoms with van der Waals surface area (Å²) >= 11 is 0. The summed E-state index contributed by atoms with van der Waals surface area (Å²) in [6.45, 7) is 0. The van der Waals surface area contributed by atoms with Crippen LogP contribution in [0.2, 0.25) is 0 Å². The van der Waals surface area contributed by atoms with Crippen LogP contribution >= 0.6 is 0 Å². The monoisotopic (exact) mass is 270 g/mol. The van der Waals surface area contributed by atoms with Crippen molar-refractivity contribution in [2.75, 3.05) is 24.3 Å². The molecule has 0 amide bonds. The third-order valence-electron chi connectivity index (χ3n) is 3.91. The molecule has 2 aromatic carbocycles. The van der Waals surface area contributed by atoms with E-state index in [-0.39, 0.29) is 11.9 Å². The summed E-state index contributed by atoms with van der Waals surface area (Å²) in [5.41, 5.74) is 4.65. The van der Waals surface area contributed by atoms with Gasteiger partial charge >= 0.3 is 0 Å². The van der Waals surface area contributed by atoms with E-state index in [4.69, 9.17) is 0 Å². The molecule has 20 heavy (non-hydrogen) atoms. The van der Waals surface area contributed by atoms with Gasteiger partial charge in [-0.05, 0) is 60.4 Å². The first kappa shape index (κ1) is 13.0. The smallest absolute Gasteiger partial charge is 0.123 e. The van der Waals surface area contributed by atoms with Crippen LogP contribution in [0.1, 0.15) is 23.6 Å². The number of hydrogen-bond donors (Lipinski definition) is 1. The minimum Gasteiger partial charge on any atom is -0.378 e. The van der Waals surface area contributed by atoms with E-state index >= 15 is 0 Å². The minimum absolute atomic E-state index is 0.139. The van der Waals surface area contributed by atoms with Gasteiger partial charge in [-0.2, -0.15) is 0 Å². The summed E-state index contributed by atoms with van der Waals surface area (Å²) in [6, 6.07) is 13.8. The Morgan fingerprint density at radius 2 is 1.85 bits per heavy atom. The molecule has 0 saturated heterocycles. The highest BCUT2D eigenvalue weighted by atomic mass is 19.1. The molecular weight excluding hydrogens is 251 g/mol. The highest BCUT2D eigenvalue weighted by Gasteiger charge is 2.22. The van der Waals surface area contributed by atoms with Gasteiger partial charge in [0.25, 0.3) is 0 Å². The van der Waals surface area contributed by atoms with Gasteiger partial charge in [0.2, 0.25) is 0 Å². The fourth-order valence-electron chi connectivity index (χ4n) is 2.79. The topological polar surface area (TPSA) is 15.3 Å². The van der Waals surface area contributed by atoms with E-state index in [1.807, 2.05) is 20.2 Å². The van der Waals surface area contributed by atoms with Crippen molar-refractivity contribution in [3.8, 4) is 0 Å². The zero-order valence-corrected chi connectivity index (χ0v) is 11.9. The summed E-state index contributed by atoms with van der Waals surface area (Å²) in [5, 5.41) is 3.54. The molecule has 1 aliphatic carbocycles. The average Bonchev–Trinajstić information content (AvgIpc) is 2.81. The molecule has 0 saturated carbocycles. The maximum absolute atomic E-state index is 13.2. The van der Waals surface area contributed by atoms with Gasteiger partial charge < -0.3 is 10.2 Å². The van der Waals surface area contributed by atoms with Crippen molar-refractivity contribution in [3.05, 3.63) is 59.4 Å². The number of halogens is 1. The average molecular weight is 270 g/mol. The lowest BCUT2D eigenvalue weighted by atomic mass is 10.1. The molecule has 0 bridgehead atoms. The van der Waals surface area contributed by atoms with Gasteiger partial charge in [0.15, 0.2) is 0 Å². The van der Waals surface area contributed by atoms with Crippen molar-refractivity contribution >= 4 is 11.4 Å². The maximum atomic E-state index is 13.2. The van der Waals surface area contributed by atoms with E-state index in [0.29, 0.717) is 0 Å². The second-order valence-corrected chi connectivity index (χ2v) is 5.52. The maximum Gasteiger partial charge on any atom is 0.123 e. The van der Waals surface area contributed by atoms with Crippen molar-refractivity contribution < 1.29 is 4.39 Å². The van der Waals surface area contributed by atoms with Crippen LogP contribution < -0.4 is 10.2 Å². The summed E-state index contributed by atoms with van der Waals surface area (Å²) in [4.78, 5) is 2.08. The van der Waals surface area contributed by atoms with Crippen LogP contribution in [0, 0.1) is 5.82 Å². The van der Waals surface area contributed by atoms with E-state index in [1.54, 1.807) is 12.1 Å². The number of nitrogens with zero attached hydrogens (tertiary/aromatic N) is 1. The lowest BCUT2D eigenvalue weighted by Crippen LogP contribution is -2.09. The summed E-state index contributed by atoms with van der Waals surface area (Å²) < 4.78 is 13.2. The molecule has 1 N–H and O–H groups in total. The zero-order valence-electron chi connectivity index (χ0n) is 11.9. The van der Waals surface area contributed by atoms with Crippen molar-refractivity contribution in [1.29, 1.82) is 0 Å². The van der Waals surface area contributed by atoms with Gasteiger partial charge in [0, 0.05) is 25.5 Å². The minimum atomic E-state index is -0.139. The van der Waals surface area contributed by atoms with E-state index in [9.17, 15) is 4.39 Å². The number of fused-ring (bicyclic) bond motifs is 1. The Balaban J connectivity index is 1.77. The van der Waals surface area contributed by atoms with Crippen LogP contribution in [0.3, 0.4) is 0 Å². The molecule has 0 aliphatic heterocycles. The second kappa shape index (κ2) is 5.16. The summed E-state index contributed by atoms with van der Waals surface area (Å²) in [6.07, 6.45) is 1.97. The first-order valence-electron chi connectivity index (χ1n) is 6.96. The highest BCUT2D eigenvalue weighted by Crippen LogP contribution is 2.34. The van der Waals surface area contributed by atoms with Crippen LogP contribution in [0.4, 0.5) is 15.8 Å². The Hall–Kier alpha value is -2.03. The molecule has 0 fully saturated rings. The zero-order chi connectivity index (χ0) is 14.1. The van der Waals surface area contributed by atoms with Crippen LogP contribution in [-0.4, -0.2) is 14.1 Å². The first-order valence-corrected chi connectivity index (χ1v) is 6.96. The Morgan fingerprint density at radius 3 is 2.55 bits per heavy atom. The van der Waals surface area contributed by atoms with Crippen LogP contribution in [0.5, 0.6) is 0 Å². The number of benzene rings is 2. The van der Waals surface area contributed by atoms with Crippen molar-refractivity contribution in [1.82, 2.24) is 0 Å². The molecule has 0 heterocycles. The third-order valence-corrected chi connectivity index (χ3v) is 3.91. The van der Waals surface area contributed by atoms with Gasteiger partial charge in [0.05, 0.1) is 6.04 Å². The SMILES string of the molecule is CN(C)c1ccc(NC2CCc3cc(F)ccc32)cc1. The van der Waals surface area contributed by atoms with Gasteiger partial charge in [0.1, 0.15) is 5.82 Å². The molecule has 2 aromatic rings. The molecule has 1 unspecified atom stereocenters. The van der Waals surface area contributed by atoms with E-state index in [1.165, 1.54) is 11.3 Å². The standard InChI is InChI=1S/C17H19FN2/c1-20(2)15-7-5-14(6-8-15)19-17-10-3-12-11-13(18)4-9-16(12)17/h4-9,11,17,19H,3,10H2,1-2H3. The van der Waals surface area contributed by atoms with Crippen molar-refractivity contribution in [2.24, 2.45) is 0 Å². The quantitative estimate of drug-likeness (QED) is 0.907. The number of hydrogen-bond acceptors (Lipinski definition) is 2. The fourth-order valence-corrected chi connectivity index (χ4v) is 2.79. The van der Waals surface area contributed by atoms with Crippen LogP contribution in [-0.2, 0) is 6.42 Å². The molecular formula is C17H19FN2. The largest absolute Gasteiger partial charge is 0.378 e. The fraction of sp³-hybridized carbons (Fsp3) is 0.294. The molecule has 1 aliphatic rings. The van der Waals surface area contributed by atoms with Crippen LogP contribution in [0.25, 0.3) is 0 Å². The second-order valence-electron chi connectivity index (χ2n) is 5.52. The molecule has 0 aromatic heterocycles. The molecule has 0 spiro atoms. The summed E-state index contributed by atoms with van der Waals surface area (Å²) in [5.74, 6) is -0.139. The van der Waals surface area contributed by atoms with Crippen molar-refractivity contribution in [3.63, 3.8) is 0 Å². The molecule has 104 valence electrons. The third kappa shape index (κ3) is 2.48. The van der Waals surface area contributed by atoms with Crippen molar-refractivity contribution in [2.45, 2.75) is 18.9 Å². The number of nitrogens with one attached hydrogen (secondary N) is 1. The van der Waals surface area contributed by atoms with Gasteiger partial charge in [-0.3, -0.25) is 0 Å². The normalized spacial score (nSPS) is 16.9. The predicted molar refractivity (Wildman–Crippen MR) is 81.9 cm³/mol. The molecule has 1 atom stereocenters.